The maximum Gasteiger partial charge on any atom is 0.337 e. The fourth-order valence-electron chi connectivity index (χ4n) is 3.70. The molecule has 3 amide bonds. The summed E-state index contributed by atoms with van der Waals surface area (Å²) in [6.07, 6.45) is 0. The summed E-state index contributed by atoms with van der Waals surface area (Å²) in [7, 11) is 0. The van der Waals surface area contributed by atoms with Crippen LogP contribution in [0.5, 0.6) is 0 Å². The maximum atomic E-state index is 13.0. The highest BCUT2D eigenvalue weighted by molar-refractivity contribution is 6.14. The zero-order valence-electron chi connectivity index (χ0n) is 19.6. The summed E-state index contributed by atoms with van der Waals surface area (Å²) in [5, 5.41) is 30.5. The Morgan fingerprint density at radius 1 is 0.892 bits per heavy atom. The lowest BCUT2D eigenvalue weighted by Crippen LogP contribution is -2.15. The first-order chi connectivity index (χ1) is 17.7. The van der Waals surface area contributed by atoms with E-state index in [1.165, 1.54) is 32.0 Å². The van der Waals surface area contributed by atoms with Crippen LogP contribution >= 0.6 is 0 Å². The topological polar surface area (TPSA) is 174 Å². The Bertz CT molecular complexity index is 1620. The lowest BCUT2D eigenvalue weighted by Gasteiger charge is -2.12. The fourth-order valence-corrected chi connectivity index (χ4v) is 3.70. The van der Waals surface area contributed by atoms with Gasteiger partial charge in [-0.05, 0) is 48.0 Å². The van der Waals surface area contributed by atoms with Crippen LogP contribution in [0.4, 0.5) is 17.1 Å². The molecule has 0 aliphatic rings. The van der Waals surface area contributed by atoms with Crippen molar-refractivity contribution in [2.75, 3.05) is 16.0 Å². The first-order valence-electron chi connectivity index (χ1n) is 10.8. The summed E-state index contributed by atoms with van der Waals surface area (Å²) in [6, 6.07) is 15.7. The molecule has 0 saturated heterocycles. The first kappa shape index (κ1) is 24.6. The van der Waals surface area contributed by atoms with Crippen LogP contribution in [0.1, 0.15) is 40.3 Å². The molecule has 37 heavy (non-hydrogen) atoms. The van der Waals surface area contributed by atoms with Crippen molar-refractivity contribution in [3.8, 4) is 17.2 Å². The molecule has 0 fully saturated rings. The van der Waals surface area contributed by atoms with Crippen LogP contribution < -0.4 is 16.0 Å². The van der Waals surface area contributed by atoms with E-state index in [1.54, 1.807) is 30.3 Å². The van der Waals surface area contributed by atoms with E-state index in [2.05, 4.69) is 21.1 Å². The van der Waals surface area contributed by atoms with E-state index in [4.69, 9.17) is 9.78 Å². The average Bonchev–Trinajstić information content (AvgIpc) is 3.26. The minimum absolute atomic E-state index is 0.0226. The van der Waals surface area contributed by atoms with Crippen molar-refractivity contribution in [2.24, 2.45) is 0 Å². The van der Waals surface area contributed by atoms with E-state index in [1.807, 2.05) is 6.07 Å². The zero-order valence-corrected chi connectivity index (χ0v) is 19.6. The van der Waals surface area contributed by atoms with Gasteiger partial charge in [0, 0.05) is 30.8 Å². The number of carbonyl (C=O) groups excluding carboxylic acids is 3. The molecule has 0 spiro atoms. The van der Waals surface area contributed by atoms with Crippen molar-refractivity contribution >= 4 is 51.7 Å². The van der Waals surface area contributed by atoms with Gasteiger partial charge in [0.15, 0.2) is 11.3 Å². The number of carbonyl (C=O) groups is 4. The molecule has 0 saturated carbocycles. The SMILES string of the molecule is CC(=O)Nc1ccc(-c2cc3onc(C(=O)Nc4ccc(C#N)cc4C(=O)O)c3cc2NC(C)=O)cc1. The quantitative estimate of drug-likeness (QED) is 0.306. The lowest BCUT2D eigenvalue weighted by atomic mass is 10.0. The number of hydrogen-bond acceptors (Lipinski definition) is 7. The van der Waals surface area contributed by atoms with E-state index in [9.17, 15) is 24.3 Å². The second-order valence-corrected chi connectivity index (χ2v) is 8.00. The number of nitrogens with zero attached hydrogens (tertiary/aromatic N) is 2. The van der Waals surface area contributed by atoms with E-state index >= 15 is 0 Å². The van der Waals surface area contributed by atoms with Gasteiger partial charge in [-0.25, -0.2) is 4.79 Å². The molecule has 184 valence electrons. The Morgan fingerprint density at radius 2 is 1.59 bits per heavy atom. The zero-order chi connectivity index (χ0) is 26.7. The number of carboxylic acids is 1. The monoisotopic (exact) mass is 497 g/mol. The normalized spacial score (nSPS) is 10.4. The van der Waals surface area contributed by atoms with Crippen molar-refractivity contribution in [1.29, 1.82) is 5.26 Å². The Kier molecular flexibility index (Phi) is 6.66. The summed E-state index contributed by atoms with van der Waals surface area (Å²) in [6.45, 7) is 2.74. The fraction of sp³-hybridized carbons (Fsp3) is 0.0769. The predicted molar refractivity (Wildman–Crippen MR) is 134 cm³/mol. The van der Waals surface area contributed by atoms with Crippen LogP contribution in [0.2, 0.25) is 0 Å². The van der Waals surface area contributed by atoms with Gasteiger partial charge in [0.1, 0.15) is 0 Å². The van der Waals surface area contributed by atoms with Crippen LogP contribution in [-0.4, -0.2) is 34.0 Å². The van der Waals surface area contributed by atoms with E-state index in [0.717, 1.165) is 6.07 Å². The Hall–Kier alpha value is -5.50. The lowest BCUT2D eigenvalue weighted by molar-refractivity contribution is -0.115. The van der Waals surface area contributed by atoms with Crippen molar-refractivity contribution in [3.63, 3.8) is 0 Å². The number of fused-ring (bicyclic) bond motifs is 1. The Labute approximate surface area is 209 Å². The van der Waals surface area contributed by atoms with Gasteiger partial charge in [0.2, 0.25) is 11.8 Å². The van der Waals surface area contributed by atoms with E-state index in [-0.39, 0.29) is 45.3 Å². The number of anilines is 3. The summed E-state index contributed by atoms with van der Waals surface area (Å²) in [5.74, 6) is -2.62. The summed E-state index contributed by atoms with van der Waals surface area (Å²) >= 11 is 0. The number of benzene rings is 3. The largest absolute Gasteiger partial charge is 0.478 e. The van der Waals surface area contributed by atoms with Gasteiger partial charge in [-0.2, -0.15) is 5.26 Å². The van der Waals surface area contributed by atoms with Gasteiger partial charge >= 0.3 is 5.97 Å². The molecular formula is C26H19N5O6. The molecule has 0 atom stereocenters. The van der Waals surface area contributed by atoms with Crippen LogP contribution in [0.25, 0.3) is 22.1 Å². The minimum atomic E-state index is -1.32. The third kappa shape index (κ3) is 5.28. The molecule has 0 unspecified atom stereocenters. The summed E-state index contributed by atoms with van der Waals surface area (Å²) < 4.78 is 5.38. The van der Waals surface area contributed by atoms with Crippen molar-refractivity contribution in [2.45, 2.75) is 13.8 Å². The molecule has 0 aliphatic heterocycles. The second kappa shape index (κ2) is 10.0. The number of amides is 3. The molecule has 4 rings (SSSR count). The second-order valence-electron chi connectivity index (χ2n) is 8.00. The predicted octanol–water partition coefficient (Wildman–Crippen LogP) is 4.23. The molecule has 11 nitrogen and oxygen atoms in total. The van der Waals surface area contributed by atoms with Crippen molar-refractivity contribution in [1.82, 2.24) is 5.16 Å². The highest BCUT2D eigenvalue weighted by Gasteiger charge is 2.22. The molecular weight excluding hydrogens is 478 g/mol. The molecule has 0 radical (unpaired) electrons. The van der Waals surface area contributed by atoms with Crippen LogP contribution in [0.3, 0.4) is 0 Å². The van der Waals surface area contributed by atoms with Crippen molar-refractivity contribution < 1.29 is 28.8 Å². The van der Waals surface area contributed by atoms with E-state index < -0.39 is 11.9 Å². The number of nitrogens with one attached hydrogen (secondary N) is 3. The first-order valence-corrected chi connectivity index (χ1v) is 10.8. The molecule has 4 aromatic rings. The molecule has 4 N–H and O–H groups in total. The number of rotatable bonds is 6. The summed E-state index contributed by atoms with van der Waals surface area (Å²) in [4.78, 5) is 47.8. The van der Waals surface area contributed by atoms with Gasteiger partial charge in [0.05, 0.1) is 28.3 Å². The van der Waals surface area contributed by atoms with Crippen LogP contribution in [-0.2, 0) is 9.59 Å². The molecule has 0 bridgehead atoms. The number of hydrogen-bond donors (Lipinski definition) is 4. The average molecular weight is 497 g/mol. The molecule has 11 heteroatoms. The number of carboxylic acid groups (broad SMARTS) is 1. The smallest absolute Gasteiger partial charge is 0.337 e. The van der Waals surface area contributed by atoms with Crippen LogP contribution in [0, 0.1) is 11.3 Å². The molecule has 1 heterocycles. The third-order valence-electron chi connectivity index (χ3n) is 5.28. The number of aromatic nitrogens is 1. The highest BCUT2D eigenvalue weighted by atomic mass is 16.5. The number of aromatic carboxylic acids is 1. The molecule has 0 aliphatic carbocycles. The summed E-state index contributed by atoms with van der Waals surface area (Å²) in [5.41, 5.74) is 2.23. The van der Waals surface area contributed by atoms with Gasteiger partial charge in [0.25, 0.3) is 5.91 Å². The van der Waals surface area contributed by atoms with Gasteiger partial charge in [-0.1, -0.05) is 17.3 Å². The van der Waals surface area contributed by atoms with Crippen molar-refractivity contribution in [3.05, 3.63) is 71.4 Å². The molecule has 1 aromatic heterocycles. The third-order valence-corrected chi connectivity index (χ3v) is 5.28. The Balaban J connectivity index is 1.73. The van der Waals surface area contributed by atoms with Gasteiger partial charge < -0.3 is 25.6 Å². The standard InChI is InChI=1S/C26H19N5O6/c1-13(32)28-17-6-4-16(5-7-17)18-11-23-20(10-22(18)29-14(2)33)24(31-37-23)25(34)30-21-8-3-15(12-27)9-19(21)26(35)36/h3-11H,1-2H3,(H,28,32)(H,29,33)(H,30,34)(H,35,36). The maximum absolute atomic E-state index is 13.0. The minimum Gasteiger partial charge on any atom is -0.478 e. The Morgan fingerprint density at radius 3 is 2.22 bits per heavy atom. The van der Waals surface area contributed by atoms with Crippen LogP contribution in [0.15, 0.2) is 59.1 Å². The van der Waals surface area contributed by atoms with Gasteiger partial charge in [-0.15, -0.1) is 0 Å². The highest BCUT2D eigenvalue weighted by Crippen LogP contribution is 2.35. The molecule has 3 aromatic carbocycles. The number of nitriles is 1. The van der Waals surface area contributed by atoms with Gasteiger partial charge in [-0.3, -0.25) is 14.4 Å². The van der Waals surface area contributed by atoms with E-state index in [0.29, 0.717) is 22.5 Å².